The topological polar surface area (TPSA) is 167 Å². The first-order valence-corrected chi connectivity index (χ1v) is 18.4. The van der Waals surface area contributed by atoms with E-state index < -0.39 is 58.4 Å². The van der Waals surface area contributed by atoms with Crippen LogP contribution in [-0.4, -0.2) is 124 Å². The third-order valence-corrected chi connectivity index (χ3v) is 11.7. The van der Waals surface area contributed by atoms with Crippen molar-refractivity contribution >= 4 is 46.6 Å². The standard InChI is InChI=1S/C38H39F3N10O5/c1-37(2,36(56)44-23-4-3-22(15-42)30(13-23)38(39,40)41)50-21-25(16-43-50)49-19-27(20-49)47-11-9-46(10-12-47)26-17-48(18-26)24-5-6-28-29(14-24)35(55)51(34(28)54)31-7-8-32(52)45-33(31)53/h3-6,13-14,16,21,26-27,31H,7-12,17-20H2,1-2H3,(H,44,56)(H,45,52,53). The number of alkyl halides is 3. The van der Waals surface area contributed by atoms with Gasteiger partial charge in [-0.15, -0.1) is 0 Å². The molecule has 1 atom stereocenters. The number of rotatable bonds is 8. The molecule has 18 heteroatoms. The number of imide groups is 2. The van der Waals surface area contributed by atoms with Crippen molar-refractivity contribution in [3.8, 4) is 6.07 Å². The number of hydrogen-bond acceptors (Lipinski definition) is 11. The second-order valence-electron chi connectivity index (χ2n) is 15.4. The predicted molar refractivity (Wildman–Crippen MR) is 195 cm³/mol. The molecule has 56 heavy (non-hydrogen) atoms. The van der Waals surface area contributed by atoms with Gasteiger partial charge in [0.05, 0.1) is 40.2 Å². The average Bonchev–Trinajstić information content (AvgIpc) is 3.70. The molecule has 1 aromatic heterocycles. The maximum Gasteiger partial charge on any atom is 0.417 e. The van der Waals surface area contributed by atoms with Crippen molar-refractivity contribution in [2.75, 3.05) is 67.5 Å². The van der Waals surface area contributed by atoms with Crippen LogP contribution in [0.2, 0.25) is 0 Å². The molecular formula is C38H39F3N10O5. The maximum absolute atomic E-state index is 13.4. The SMILES string of the molecule is CC(C)(C(=O)Nc1ccc(C#N)c(C(F)(F)F)c1)n1cc(N2CC(N3CCN(C4CN(c5ccc6c(c5)C(=O)N(C5CCC(=O)NC5=O)C6=O)C4)CC3)C2)cn1. The van der Waals surface area contributed by atoms with E-state index in [2.05, 4.69) is 35.3 Å². The Labute approximate surface area is 319 Å². The second-order valence-corrected chi connectivity index (χ2v) is 15.4. The summed E-state index contributed by atoms with van der Waals surface area (Å²) >= 11 is 0. The lowest BCUT2D eigenvalue weighted by Crippen LogP contribution is -2.67. The van der Waals surface area contributed by atoms with Crippen LogP contribution >= 0.6 is 0 Å². The van der Waals surface area contributed by atoms with E-state index in [1.54, 1.807) is 38.4 Å². The number of benzene rings is 2. The van der Waals surface area contributed by atoms with Crippen LogP contribution in [0.25, 0.3) is 0 Å². The van der Waals surface area contributed by atoms with Crippen LogP contribution in [0, 0.1) is 11.3 Å². The highest BCUT2D eigenvalue weighted by molar-refractivity contribution is 6.23. The van der Waals surface area contributed by atoms with Crippen LogP contribution in [0.5, 0.6) is 0 Å². The number of fused-ring (bicyclic) bond motifs is 1. The third kappa shape index (κ3) is 6.53. The minimum atomic E-state index is -4.74. The van der Waals surface area contributed by atoms with Gasteiger partial charge < -0.3 is 15.1 Å². The molecule has 292 valence electrons. The van der Waals surface area contributed by atoms with Crippen LogP contribution in [0.4, 0.5) is 30.2 Å². The van der Waals surface area contributed by atoms with Crippen molar-refractivity contribution in [1.82, 2.24) is 29.8 Å². The van der Waals surface area contributed by atoms with E-state index in [9.17, 15) is 37.1 Å². The molecular weight excluding hydrogens is 733 g/mol. The van der Waals surface area contributed by atoms with Gasteiger partial charge in [0, 0.05) is 88.4 Å². The number of carbonyl (C=O) groups excluding carboxylic acids is 5. The van der Waals surface area contributed by atoms with Crippen molar-refractivity contribution in [1.29, 1.82) is 5.26 Å². The van der Waals surface area contributed by atoms with Gasteiger partial charge in [-0.25, -0.2) is 0 Å². The number of amides is 5. The number of nitriles is 1. The van der Waals surface area contributed by atoms with Crippen LogP contribution in [0.3, 0.4) is 0 Å². The smallest absolute Gasteiger partial charge is 0.368 e. The molecule has 5 aliphatic heterocycles. The number of hydrogen-bond donors (Lipinski definition) is 2. The molecule has 4 fully saturated rings. The number of halogens is 3. The van der Waals surface area contributed by atoms with Crippen LogP contribution < -0.4 is 20.4 Å². The van der Waals surface area contributed by atoms with Gasteiger partial charge in [-0.1, -0.05) is 0 Å². The first-order valence-electron chi connectivity index (χ1n) is 18.4. The minimum absolute atomic E-state index is 0.0702. The molecule has 6 heterocycles. The molecule has 0 bridgehead atoms. The van der Waals surface area contributed by atoms with Gasteiger partial charge in [0.15, 0.2) is 0 Å². The second kappa shape index (κ2) is 13.7. The van der Waals surface area contributed by atoms with Gasteiger partial charge in [-0.05, 0) is 56.7 Å². The molecule has 2 aromatic carbocycles. The van der Waals surface area contributed by atoms with Crippen LogP contribution in [-0.2, 0) is 26.1 Å². The number of nitrogens with one attached hydrogen (secondary N) is 2. The Morgan fingerprint density at radius 3 is 2.11 bits per heavy atom. The van der Waals surface area contributed by atoms with Gasteiger partial charge in [0.2, 0.25) is 11.8 Å². The molecule has 8 rings (SSSR count). The summed E-state index contributed by atoms with van der Waals surface area (Å²) in [5.41, 5.74) is -0.708. The zero-order chi connectivity index (χ0) is 39.7. The van der Waals surface area contributed by atoms with Crippen molar-refractivity contribution < 1.29 is 37.1 Å². The van der Waals surface area contributed by atoms with Crippen molar-refractivity contribution in [3.63, 3.8) is 0 Å². The Morgan fingerprint density at radius 1 is 0.875 bits per heavy atom. The van der Waals surface area contributed by atoms with Crippen molar-refractivity contribution in [2.45, 2.75) is 56.5 Å². The highest BCUT2D eigenvalue weighted by Crippen LogP contribution is 2.35. The van der Waals surface area contributed by atoms with E-state index in [4.69, 9.17) is 5.26 Å². The molecule has 5 amide bonds. The van der Waals surface area contributed by atoms with E-state index in [1.165, 1.54) is 16.8 Å². The summed E-state index contributed by atoms with van der Waals surface area (Å²) in [4.78, 5) is 73.8. The number of piperidine rings is 1. The lowest BCUT2D eigenvalue weighted by molar-refractivity contribution is -0.138. The average molecular weight is 773 g/mol. The zero-order valence-electron chi connectivity index (χ0n) is 30.7. The van der Waals surface area contributed by atoms with E-state index >= 15 is 0 Å². The summed E-state index contributed by atoms with van der Waals surface area (Å²) in [6.07, 6.45) is -1.12. The number of anilines is 3. The Hall–Kier alpha value is -5.80. The summed E-state index contributed by atoms with van der Waals surface area (Å²) < 4.78 is 41.8. The highest BCUT2D eigenvalue weighted by Gasteiger charge is 2.46. The monoisotopic (exact) mass is 772 g/mol. The molecule has 1 unspecified atom stereocenters. The van der Waals surface area contributed by atoms with Crippen molar-refractivity contribution in [2.24, 2.45) is 0 Å². The van der Waals surface area contributed by atoms with Gasteiger partial charge in [0.25, 0.3) is 17.7 Å². The van der Waals surface area contributed by atoms with E-state index in [0.29, 0.717) is 12.1 Å². The van der Waals surface area contributed by atoms with Crippen LogP contribution in [0.1, 0.15) is 58.5 Å². The zero-order valence-corrected chi connectivity index (χ0v) is 30.7. The number of nitrogens with zero attached hydrogens (tertiary/aromatic N) is 8. The lowest BCUT2D eigenvalue weighted by Gasteiger charge is -2.52. The Kier molecular flexibility index (Phi) is 9.11. The van der Waals surface area contributed by atoms with E-state index in [1.807, 2.05) is 6.07 Å². The van der Waals surface area contributed by atoms with Crippen LogP contribution in [0.15, 0.2) is 48.8 Å². The summed E-state index contributed by atoms with van der Waals surface area (Å²) in [5, 5.41) is 18.2. The number of carbonyl (C=O) groups is 5. The molecule has 0 saturated carbocycles. The van der Waals surface area contributed by atoms with Gasteiger partial charge in [0.1, 0.15) is 11.6 Å². The molecule has 0 aliphatic carbocycles. The fourth-order valence-electron chi connectivity index (χ4n) is 8.04. The molecule has 15 nitrogen and oxygen atoms in total. The summed E-state index contributed by atoms with van der Waals surface area (Å²) in [6, 6.07) is 9.52. The fourth-order valence-corrected chi connectivity index (χ4v) is 8.04. The maximum atomic E-state index is 13.4. The van der Waals surface area contributed by atoms with Gasteiger partial charge in [-0.3, -0.25) is 48.7 Å². The Morgan fingerprint density at radius 2 is 1.50 bits per heavy atom. The fraction of sp³-hybridized carbons (Fsp3) is 0.447. The summed E-state index contributed by atoms with van der Waals surface area (Å²) in [5.74, 6) is -2.63. The highest BCUT2D eigenvalue weighted by atomic mass is 19.4. The van der Waals surface area contributed by atoms with E-state index in [0.717, 1.165) is 80.8 Å². The largest absolute Gasteiger partial charge is 0.417 e. The molecule has 4 saturated heterocycles. The molecule has 2 N–H and O–H groups in total. The molecule has 0 radical (unpaired) electrons. The summed E-state index contributed by atoms with van der Waals surface area (Å²) in [7, 11) is 0. The Balaban J connectivity index is 0.798. The molecule has 5 aliphatic rings. The normalized spacial score (nSPS) is 21.4. The van der Waals surface area contributed by atoms with E-state index in [-0.39, 0.29) is 29.7 Å². The molecule has 0 spiro atoms. The number of piperazine rings is 1. The minimum Gasteiger partial charge on any atom is -0.368 e. The molecule has 3 aromatic rings. The quantitative estimate of drug-likeness (QED) is 0.323. The third-order valence-electron chi connectivity index (χ3n) is 11.7. The number of aromatic nitrogens is 2. The summed E-state index contributed by atoms with van der Waals surface area (Å²) in [6.45, 7) is 10.1. The first kappa shape index (κ1) is 37.1. The predicted octanol–water partition coefficient (Wildman–Crippen LogP) is 2.24. The van der Waals surface area contributed by atoms with Crippen molar-refractivity contribution in [3.05, 3.63) is 71.0 Å². The lowest BCUT2D eigenvalue weighted by atomic mass is 10.0. The Bertz CT molecular complexity index is 2180. The first-order chi connectivity index (χ1) is 26.6. The van der Waals surface area contributed by atoms with Gasteiger partial charge >= 0.3 is 6.18 Å². The van der Waals surface area contributed by atoms with Gasteiger partial charge in [-0.2, -0.15) is 23.5 Å².